The molecular weight excluding hydrogens is 273 g/mol. The molecule has 98 valence electrons. The van der Waals surface area contributed by atoms with E-state index in [1.807, 2.05) is 12.1 Å². The van der Waals surface area contributed by atoms with Gasteiger partial charge in [0.05, 0.1) is 16.5 Å². The van der Waals surface area contributed by atoms with E-state index in [-0.39, 0.29) is 12.0 Å². The summed E-state index contributed by atoms with van der Waals surface area (Å²) in [6.07, 6.45) is 3.09. The molecule has 2 rings (SSSR count). The maximum Gasteiger partial charge on any atom is 0.305 e. The average molecular weight is 288 g/mol. The molecule has 5 heteroatoms. The highest BCUT2D eigenvalue weighted by Gasteiger charge is 2.38. The lowest BCUT2D eigenvalue weighted by molar-refractivity contribution is -0.139. The number of aliphatic carboxylic acids is 1. The second-order valence-electron chi connectivity index (χ2n) is 4.81. The summed E-state index contributed by atoms with van der Waals surface area (Å²) < 4.78 is 0. The number of carboxylic acid groups (broad SMARTS) is 1. The zero-order valence-corrected chi connectivity index (χ0v) is 11.4. The van der Waals surface area contributed by atoms with E-state index in [0.29, 0.717) is 16.6 Å². The molecule has 0 amide bonds. The fourth-order valence-electron chi connectivity index (χ4n) is 2.25. The topological polar surface area (TPSA) is 49.3 Å². The van der Waals surface area contributed by atoms with Gasteiger partial charge in [-0.25, -0.2) is 0 Å². The van der Waals surface area contributed by atoms with Gasteiger partial charge < -0.3 is 10.4 Å². The van der Waals surface area contributed by atoms with Gasteiger partial charge in [0, 0.05) is 12.1 Å². The molecule has 1 saturated carbocycles. The Morgan fingerprint density at radius 2 is 2.06 bits per heavy atom. The van der Waals surface area contributed by atoms with Crippen LogP contribution in [-0.2, 0) is 11.3 Å². The SMILES string of the molecule is O=C(O)CC1(NCc2ccc(Cl)c(Cl)c2)CCC1. The first-order valence-corrected chi connectivity index (χ1v) is 6.67. The van der Waals surface area contributed by atoms with Crippen molar-refractivity contribution in [1.82, 2.24) is 5.32 Å². The number of carbonyl (C=O) groups is 1. The largest absolute Gasteiger partial charge is 0.481 e. The fourth-order valence-corrected chi connectivity index (χ4v) is 2.57. The van der Waals surface area contributed by atoms with Crippen molar-refractivity contribution >= 4 is 29.2 Å². The van der Waals surface area contributed by atoms with Gasteiger partial charge in [-0.05, 0) is 37.0 Å². The summed E-state index contributed by atoms with van der Waals surface area (Å²) >= 11 is 11.8. The molecule has 0 spiro atoms. The van der Waals surface area contributed by atoms with Crippen LogP contribution in [0.1, 0.15) is 31.2 Å². The Hall–Kier alpha value is -0.770. The molecule has 1 fully saturated rings. The molecule has 1 aliphatic carbocycles. The van der Waals surface area contributed by atoms with Crippen LogP contribution in [0.4, 0.5) is 0 Å². The van der Waals surface area contributed by atoms with E-state index >= 15 is 0 Å². The molecule has 0 aliphatic heterocycles. The predicted molar refractivity (Wildman–Crippen MR) is 72.1 cm³/mol. The van der Waals surface area contributed by atoms with Gasteiger partial charge in [0.2, 0.25) is 0 Å². The molecule has 0 atom stereocenters. The molecule has 0 bridgehead atoms. The average Bonchev–Trinajstić information content (AvgIpc) is 2.26. The molecule has 1 aromatic rings. The second-order valence-corrected chi connectivity index (χ2v) is 5.62. The highest BCUT2D eigenvalue weighted by molar-refractivity contribution is 6.42. The number of nitrogens with one attached hydrogen (secondary N) is 1. The normalized spacial score (nSPS) is 17.2. The van der Waals surface area contributed by atoms with Crippen LogP contribution in [0.15, 0.2) is 18.2 Å². The van der Waals surface area contributed by atoms with Crippen LogP contribution in [0.3, 0.4) is 0 Å². The zero-order valence-electron chi connectivity index (χ0n) is 9.88. The van der Waals surface area contributed by atoms with Crippen molar-refractivity contribution in [3.8, 4) is 0 Å². The van der Waals surface area contributed by atoms with E-state index in [9.17, 15) is 4.79 Å². The van der Waals surface area contributed by atoms with Crippen molar-refractivity contribution in [3.05, 3.63) is 33.8 Å². The summed E-state index contributed by atoms with van der Waals surface area (Å²) in [5.41, 5.74) is 0.777. The van der Waals surface area contributed by atoms with Crippen molar-refractivity contribution in [1.29, 1.82) is 0 Å². The Labute approximate surface area is 116 Å². The van der Waals surface area contributed by atoms with Crippen molar-refractivity contribution in [3.63, 3.8) is 0 Å². The van der Waals surface area contributed by atoms with Crippen LogP contribution < -0.4 is 5.32 Å². The quantitative estimate of drug-likeness (QED) is 0.872. The lowest BCUT2D eigenvalue weighted by Gasteiger charge is -2.41. The number of hydrogen-bond donors (Lipinski definition) is 2. The lowest BCUT2D eigenvalue weighted by atomic mass is 9.74. The third-order valence-corrected chi connectivity index (χ3v) is 4.19. The monoisotopic (exact) mass is 287 g/mol. The number of carboxylic acids is 1. The van der Waals surface area contributed by atoms with Gasteiger partial charge in [-0.1, -0.05) is 29.3 Å². The number of rotatable bonds is 5. The first-order chi connectivity index (χ1) is 8.51. The molecule has 0 unspecified atom stereocenters. The Kier molecular flexibility index (Phi) is 4.15. The van der Waals surface area contributed by atoms with Crippen molar-refractivity contribution < 1.29 is 9.90 Å². The number of benzene rings is 1. The van der Waals surface area contributed by atoms with Crippen LogP contribution in [0, 0.1) is 0 Å². The molecular formula is C13H15Cl2NO2. The van der Waals surface area contributed by atoms with Gasteiger partial charge in [-0.3, -0.25) is 4.79 Å². The summed E-state index contributed by atoms with van der Waals surface area (Å²) in [4.78, 5) is 10.8. The van der Waals surface area contributed by atoms with Gasteiger partial charge in [0.15, 0.2) is 0 Å². The van der Waals surface area contributed by atoms with Crippen molar-refractivity contribution in [2.45, 2.75) is 37.8 Å². The maximum absolute atomic E-state index is 10.8. The van der Waals surface area contributed by atoms with Crippen LogP contribution in [0.2, 0.25) is 10.0 Å². The van der Waals surface area contributed by atoms with Crippen LogP contribution >= 0.6 is 23.2 Å². The molecule has 2 N–H and O–H groups in total. The highest BCUT2D eigenvalue weighted by Crippen LogP contribution is 2.35. The molecule has 1 aliphatic rings. The van der Waals surface area contributed by atoms with Gasteiger partial charge in [0.1, 0.15) is 0 Å². The van der Waals surface area contributed by atoms with Crippen LogP contribution in [0.25, 0.3) is 0 Å². The fraction of sp³-hybridized carbons (Fsp3) is 0.462. The van der Waals surface area contributed by atoms with Gasteiger partial charge in [0.25, 0.3) is 0 Å². The number of hydrogen-bond acceptors (Lipinski definition) is 2. The molecule has 1 aromatic carbocycles. The lowest BCUT2D eigenvalue weighted by Crippen LogP contribution is -2.51. The predicted octanol–water partition coefficient (Wildman–Crippen LogP) is 3.48. The first kappa shape index (κ1) is 13.7. The molecule has 0 aromatic heterocycles. The molecule has 0 radical (unpaired) electrons. The van der Waals surface area contributed by atoms with E-state index in [1.165, 1.54) is 0 Å². The van der Waals surface area contributed by atoms with Crippen LogP contribution in [0.5, 0.6) is 0 Å². The van der Waals surface area contributed by atoms with Gasteiger partial charge in [-0.15, -0.1) is 0 Å². The summed E-state index contributed by atoms with van der Waals surface area (Å²) in [5.74, 6) is -0.753. The number of halogens is 2. The third kappa shape index (κ3) is 3.16. The second kappa shape index (κ2) is 5.47. The standard InChI is InChI=1S/C13H15Cl2NO2/c14-10-3-2-9(6-11(10)15)8-16-13(4-1-5-13)7-12(17)18/h2-3,6,16H,1,4-5,7-8H2,(H,17,18). The van der Waals surface area contributed by atoms with Crippen molar-refractivity contribution in [2.75, 3.05) is 0 Å². The first-order valence-electron chi connectivity index (χ1n) is 5.92. The minimum Gasteiger partial charge on any atom is -0.481 e. The third-order valence-electron chi connectivity index (χ3n) is 3.45. The zero-order chi connectivity index (χ0) is 13.2. The van der Waals surface area contributed by atoms with E-state index < -0.39 is 5.97 Å². The molecule has 18 heavy (non-hydrogen) atoms. The Morgan fingerprint density at radius 1 is 1.33 bits per heavy atom. The van der Waals surface area contributed by atoms with Gasteiger partial charge in [-0.2, -0.15) is 0 Å². The summed E-state index contributed by atoms with van der Waals surface area (Å²) in [6.45, 7) is 0.615. The Morgan fingerprint density at radius 3 is 2.56 bits per heavy atom. The minimum absolute atomic E-state index is 0.175. The van der Waals surface area contributed by atoms with Crippen molar-refractivity contribution in [2.24, 2.45) is 0 Å². The van der Waals surface area contributed by atoms with Crippen LogP contribution in [-0.4, -0.2) is 16.6 Å². The molecule has 0 saturated heterocycles. The molecule has 3 nitrogen and oxygen atoms in total. The maximum atomic E-state index is 10.8. The Balaban J connectivity index is 1.97. The van der Waals surface area contributed by atoms with E-state index in [2.05, 4.69) is 5.32 Å². The van der Waals surface area contributed by atoms with Gasteiger partial charge >= 0.3 is 5.97 Å². The van der Waals surface area contributed by atoms with E-state index in [0.717, 1.165) is 24.8 Å². The summed E-state index contributed by atoms with van der Waals surface area (Å²) in [5, 5.41) is 13.3. The van der Waals surface area contributed by atoms with E-state index in [4.69, 9.17) is 28.3 Å². The highest BCUT2D eigenvalue weighted by atomic mass is 35.5. The Bertz CT molecular complexity index is 458. The summed E-state index contributed by atoms with van der Waals surface area (Å²) in [7, 11) is 0. The minimum atomic E-state index is -0.753. The summed E-state index contributed by atoms with van der Waals surface area (Å²) in [6, 6.07) is 5.46. The molecule has 0 heterocycles. The van der Waals surface area contributed by atoms with E-state index in [1.54, 1.807) is 6.07 Å². The smallest absolute Gasteiger partial charge is 0.305 e.